The Labute approximate surface area is 174 Å². The summed E-state index contributed by atoms with van der Waals surface area (Å²) in [6.07, 6.45) is 6.57. The van der Waals surface area contributed by atoms with E-state index in [-0.39, 0.29) is 6.04 Å². The highest BCUT2D eigenvalue weighted by Gasteiger charge is 2.24. The molecule has 0 radical (unpaired) electrons. The second-order valence-corrected chi connectivity index (χ2v) is 7.93. The van der Waals surface area contributed by atoms with Gasteiger partial charge in [0, 0.05) is 38.9 Å². The highest BCUT2D eigenvalue weighted by atomic mass is 15.3. The summed E-state index contributed by atoms with van der Waals surface area (Å²) in [4.78, 5) is 9.23. The second kappa shape index (κ2) is 10.4. The van der Waals surface area contributed by atoms with Gasteiger partial charge in [-0.3, -0.25) is 14.6 Å². The zero-order chi connectivity index (χ0) is 20.6. The van der Waals surface area contributed by atoms with Gasteiger partial charge in [0.1, 0.15) is 0 Å². The molecule has 0 saturated carbocycles. The van der Waals surface area contributed by atoms with Gasteiger partial charge in [0.2, 0.25) is 0 Å². The fraction of sp³-hybridized carbons (Fsp3) is 0.545. The van der Waals surface area contributed by atoms with Crippen molar-refractivity contribution in [2.45, 2.75) is 24.9 Å². The zero-order valence-corrected chi connectivity index (χ0v) is 18.2. The van der Waals surface area contributed by atoms with Crippen molar-refractivity contribution in [3.63, 3.8) is 0 Å². The molecular weight excluding hydrogens is 362 g/mol. The summed E-state index contributed by atoms with van der Waals surface area (Å²) in [5.41, 5.74) is 2.55. The van der Waals surface area contributed by atoms with Gasteiger partial charge in [-0.1, -0.05) is 30.3 Å². The summed E-state index contributed by atoms with van der Waals surface area (Å²) in [6.45, 7) is 3.93. The van der Waals surface area contributed by atoms with E-state index in [1.807, 2.05) is 25.0 Å². The molecule has 1 aliphatic rings. The Morgan fingerprint density at radius 2 is 1.79 bits per heavy atom. The number of guanidine groups is 1. The van der Waals surface area contributed by atoms with Crippen molar-refractivity contribution in [1.29, 1.82) is 0 Å². The van der Waals surface area contributed by atoms with Crippen LogP contribution in [0.4, 0.5) is 0 Å². The highest BCUT2D eigenvalue weighted by molar-refractivity contribution is 5.79. The van der Waals surface area contributed by atoms with Crippen LogP contribution in [0.25, 0.3) is 0 Å². The molecule has 1 saturated heterocycles. The van der Waals surface area contributed by atoms with Crippen molar-refractivity contribution >= 4 is 5.96 Å². The molecule has 2 unspecified atom stereocenters. The van der Waals surface area contributed by atoms with Crippen LogP contribution in [0.15, 0.2) is 47.7 Å². The summed E-state index contributed by atoms with van der Waals surface area (Å²) in [7, 11) is 7.96. The van der Waals surface area contributed by atoms with Crippen molar-refractivity contribution in [2.75, 3.05) is 47.3 Å². The number of aryl methyl sites for hydroxylation is 1. The van der Waals surface area contributed by atoms with Crippen molar-refractivity contribution in [3.8, 4) is 0 Å². The third-order valence-corrected chi connectivity index (χ3v) is 5.65. The van der Waals surface area contributed by atoms with Crippen molar-refractivity contribution in [1.82, 2.24) is 30.2 Å². The minimum atomic E-state index is 0.228. The molecule has 1 fully saturated rings. The molecular formula is C22H35N7. The number of rotatable bonds is 8. The number of benzene rings is 1. The smallest absolute Gasteiger partial charge is 0.191 e. The van der Waals surface area contributed by atoms with Crippen LogP contribution in [0.5, 0.6) is 0 Å². The van der Waals surface area contributed by atoms with E-state index in [2.05, 4.69) is 81.1 Å². The number of aliphatic imine (C=N–C) groups is 1. The normalized spacial score (nSPS) is 17.5. The van der Waals surface area contributed by atoms with Crippen molar-refractivity contribution < 1.29 is 0 Å². The molecule has 1 aromatic carbocycles. The van der Waals surface area contributed by atoms with Gasteiger partial charge in [-0.2, -0.15) is 5.10 Å². The number of nitrogens with one attached hydrogen (secondary N) is 2. The van der Waals surface area contributed by atoms with Crippen LogP contribution >= 0.6 is 0 Å². The zero-order valence-electron chi connectivity index (χ0n) is 18.2. The topological polar surface area (TPSA) is 60.7 Å². The van der Waals surface area contributed by atoms with E-state index in [0.717, 1.165) is 32.1 Å². The minimum Gasteiger partial charge on any atom is -0.354 e. The Kier molecular flexibility index (Phi) is 7.66. The first kappa shape index (κ1) is 21.3. The Bertz CT molecular complexity index is 762. The molecule has 2 N–H and O–H groups in total. The summed E-state index contributed by atoms with van der Waals surface area (Å²) in [5, 5.41) is 11.4. The first-order chi connectivity index (χ1) is 14.1. The maximum absolute atomic E-state index is 4.45. The molecule has 0 aliphatic carbocycles. The summed E-state index contributed by atoms with van der Waals surface area (Å²) >= 11 is 0. The molecule has 29 heavy (non-hydrogen) atoms. The summed E-state index contributed by atoms with van der Waals surface area (Å²) < 4.78 is 1.85. The molecule has 2 aromatic rings. The van der Waals surface area contributed by atoms with Crippen LogP contribution in [0.2, 0.25) is 0 Å². The molecule has 158 valence electrons. The van der Waals surface area contributed by atoms with E-state index in [1.54, 1.807) is 0 Å². The van der Waals surface area contributed by atoms with Gasteiger partial charge in [0.05, 0.1) is 18.3 Å². The predicted octanol–water partition coefficient (Wildman–Crippen LogP) is 2.02. The van der Waals surface area contributed by atoms with Gasteiger partial charge in [-0.05, 0) is 45.6 Å². The van der Waals surface area contributed by atoms with E-state index in [0.29, 0.717) is 6.04 Å². The Morgan fingerprint density at radius 3 is 2.38 bits per heavy atom. The highest BCUT2D eigenvalue weighted by Crippen LogP contribution is 2.24. The monoisotopic (exact) mass is 397 g/mol. The van der Waals surface area contributed by atoms with E-state index in [1.165, 1.54) is 24.0 Å². The first-order valence-electron chi connectivity index (χ1n) is 10.5. The van der Waals surface area contributed by atoms with Gasteiger partial charge >= 0.3 is 0 Å². The number of likely N-dealkylation sites (N-methyl/N-ethyl adjacent to an activating group) is 1. The van der Waals surface area contributed by atoms with E-state index < -0.39 is 0 Å². The summed E-state index contributed by atoms with van der Waals surface area (Å²) in [5.74, 6) is 0.834. The number of hydrogen-bond acceptors (Lipinski definition) is 4. The fourth-order valence-corrected chi connectivity index (χ4v) is 4.00. The van der Waals surface area contributed by atoms with Crippen LogP contribution in [0.1, 0.15) is 36.1 Å². The van der Waals surface area contributed by atoms with Gasteiger partial charge in [-0.15, -0.1) is 0 Å². The second-order valence-electron chi connectivity index (χ2n) is 7.93. The maximum atomic E-state index is 4.45. The molecule has 2 atom stereocenters. The van der Waals surface area contributed by atoms with E-state index in [4.69, 9.17) is 0 Å². The van der Waals surface area contributed by atoms with Gasteiger partial charge in [-0.25, -0.2) is 0 Å². The first-order valence-corrected chi connectivity index (χ1v) is 10.5. The van der Waals surface area contributed by atoms with Crippen molar-refractivity contribution in [2.24, 2.45) is 12.0 Å². The Morgan fingerprint density at radius 1 is 1.10 bits per heavy atom. The molecule has 7 nitrogen and oxygen atoms in total. The number of hydrogen-bond donors (Lipinski definition) is 2. The average molecular weight is 398 g/mol. The molecule has 0 spiro atoms. The van der Waals surface area contributed by atoms with Gasteiger partial charge in [0.15, 0.2) is 5.96 Å². The maximum Gasteiger partial charge on any atom is 0.191 e. The van der Waals surface area contributed by atoms with Crippen LogP contribution in [0.3, 0.4) is 0 Å². The Hall–Kier alpha value is -2.38. The third kappa shape index (κ3) is 5.81. The van der Waals surface area contributed by atoms with E-state index in [9.17, 15) is 0 Å². The predicted molar refractivity (Wildman–Crippen MR) is 119 cm³/mol. The van der Waals surface area contributed by atoms with Crippen LogP contribution in [-0.4, -0.2) is 72.9 Å². The molecule has 0 bridgehead atoms. The quantitative estimate of drug-likeness (QED) is 0.527. The molecule has 7 heteroatoms. The lowest BCUT2D eigenvalue weighted by Gasteiger charge is -2.29. The summed E-state index contributed by atoms with van der Waals surface area (Å²) in [6, 6.07) is 11.4. The lowest BCUT2D eigenvalue weighted by molar-refractivity contribution is 0.245. The van der Waals surface area contributed by atoms with Crippen LogP contribution in [-0.2, 0) is 7.05 Å². The standard InChI is InChI=1S/C22H35N7/c1-23-22(24-15-20(27(2)3)19-14-26-28(4)17-19)25-16-21(29-12-8-9-13-29)18-10-6-5-7-11-18/h5-7,10-11,14,17,20-21H,8-9,12-13,15-16H2,1-4H3,(H2,23,24,25). The SMILES string of the molecule is CN=C(NCC(c1cnn(C)c1)N(C)C)NCC(c1ccccc1)N1CCCC1. The lowest BCUT2D eigenvalue weighted by Crippen LogP contribution is -2.45. The fourth-order valence-electron chi connectivity index (χ4n) is 4.00. The molecule has 1 aliphatic heterocycles. The Balaban J connectivity index is 1.60. The molecule has 0 amide bonds. The minimum absolute atomic E-state index is 0.228. The van der Waals surface area contributed by atoms with Crippen molar-refractivity contribution in [3.05, 3.63) is 53.9 Å². The van der Waals surface area contributed by atoms with E-state index >= 15 is 0 Å². The number of aromatic nitrogens is 2. The average Bonchev–Trinajstić information content (AvgIpc) is 3.39. The van der Waals surface area contributed by atoms with Crippen LogP contribution < -0.4 is 10.6 Å². The number of likely N-dealkylation sites (tertiary alicyclic amines) is 1. The van der Waals surface area contributed by atoms with Crippen LogP contribution in [0, 0.1) is 0 Å². The van der Waals surface area contributed by atoms with Gasteiger partial charge in [0.25, 0.3) is 0 Å². The third-order valence-electron chi connectivity index (χ3n) is 5.65. The molecule has 1 aromatic heterocycles. The van der Waals surface area contributed by atoms with Gasteiger partial charge < -0.3 is 15.5 Å². The largest absolute Gasteiger partial charge is 0.354 e. The molecule has 3 rings (SSSR count). The lowest BCUT2D eigenvalue weighted by atomic mass is 10.1. The number of nitrogens with zero attached hydrogens (tertiary/aromatic N) is 5. The molecule has 2 heterocycles.